The van der Waals surface area contributed by atoms with Gasteiger partial charge in [0.15, 0.2) is 17.5 Å². The molecule has 262 valence electrons. The molecule has 4 heterocycles. The van der Waals surface area contributed by atoms with E-state index in [-0.39, 0.29) is 0 Å². The van der Waals surface area contributed by atoms with Gasteiger partial charge in [0.25, 0.3) is 0 Å². The van der Waals surface area contributed by atoms with E-state index in [2.05, 4.69) is 150 Å². The number of hydrogen-bond donors (Lipinski definition) is 0. The molecule has 0 bridgehead atoms. The van der Waals surface area contributed by atoms with Gasteiger partial charge >= 0.3 is 0 Å². The predicted molar refractivity (Wildman–Crippen MR) is 228 cm³/mol. The van der Waals surface area contributed by atoms with E-state index in [1.54, 1.807) is 0 Å². The predicted octanol–water partition coefficient (Wildman–Crippen LogP) is 12.1. The molecular weight excluding hydrogens is 685 g/mol. The van der Waals surface area contributed by atoms with E-state index in [1.807, 2.05) is 53.2 Å². The van der Waals surface area contributed by atoms with Gasteiger partial charge in [-0.2, -0.15) is 5.10 Å². The van der Waals surface area contributed by atoms with Crippen molar-refractivity contribution in [2.24, 2.45) is 0 Å². The van der Waals surface area contributed by atoms with Gasteiger partial charge in [0.05, 0.1) is 16.6 Å². The lowest BCUT2D eigenvalue weighted by atomic mass is 9.96. The summed E-state index contributed by atoms with van der Waals surface area (Å²) >= 11 is 0. The monoisotopic (exact) mass is 716 g/mol. The highest BCUT2D eigenvalue weighted by Crippen LogP contribution is 2.40. The molecule has 0 aliphatic rings. The summed E-state index contributed by atoms with van der Waals surface area (Å²) in [5, 5.41) is 9.72. The van der Waals surface area contributed by atoms with Crippen LogP contribution in [0.4, 0.5) is 0 Å². The van der Waals surface area contributed by atoms with E-state index in [9.17, 15) is 0 Å². The van der Waals surface area contributed by atoms with Gasteiger partial charge in [-0.1, -0.05) is 146 Å². The minimum absolute atomic E-state index is 0.610. The highest BCUT2D eigenvalue weighted by Gasteiger charge is 2.21. The summed E-state index contributed by atoms with van der Waals surface area (Å²) in [6, 6.07) is 65.2. The average Bonchev–Trinajstić information content (AvgIpc) is 3.84. The zero-order valence-electron chi connectivity index (χ0n) is 30.2. The van der Waals surface area contributed by atoms with Crippen molar-refractivity contribution in [3.63, 3.8) is 0 Å². The molecule has 11 aromatic rings. The lowest BCUT2D eigenvalue weighted by Gasteiger charge is -2.12. The van der Waals surface area contributed by atoms with Crippen LogP contribution < -0.4 is 0 Å². The molecule has 56 heavy (non-hydrogen) atoms. The van der Waals surface area contributed by atoms with E-state index in [0.29, 0.717) is 17.5 Å². The molecule has 11 rings (SSSR count). The quantitative estimate of drug-likeness (QED) is 0.172. The molecule has 4 aromatic heterocycles. The summed E-state index contributed by atoms with van der Waals surface area (Å²) in [5.41, 5.74) is 11.4. The second-order valence-electron chi connectivity index (χ2n) is 13.9. The van der Waals surface area contributed by atoms with Gasteiger partial charge in [0, 0.05) is 55.9 Å². The number of aromatic nitrogens is 6. The van der Waals surface area contributed by atoms with E-state index >= 15 is 0 Å². The van der Waals surface area contributed by atoms with Gasteiger partial charge in [0.2, 0.25) is 0 Å². The lowest BCUT2D eigenvalue weighted by molar-refractivity contribution is 0.971. The van der Waals surface area contributed by atoms with Crippen molar-refractivity contribution >= 4 is 38.1 Å². The fourth-order valence-corrected chi connectivity index (χ4v) is 8.07. The Morgan fingerprint density at radius 1 is 0.357 bits per heavy atom. The van der Waals surface area contributed by atoms with E-state index in [1.165, 1.54) is 21.8 Å². The standard InChI is InChI=1S/C50H32N6/c1-4-15-33(16-5-1)45-46(34-17-6-2-7-18-34)54-55-32-31-38-41(47(45)55)23-14-24-42(38)50-52-48(35-19-8-3-9-20-35)51-49(53-50)36-27-29-37(30-28-36)56-43-25-12-10-21-39(43)40-22-11-13-26-44(40)56/h1-32H. The van der Waals surface area contributed by atoms with Crippen LogP contribution in [0, 0.1) is 0 Å². The van der Waals surface area contributed by atoms with Crippen LogP contribution in [0.25, 0.3) is 100 Å². The molecule has 0 amide bonds. The summed E-state index contributed by atoms with van der Waals surface area (Å²) in [7, 11) is 0. The summed E-state index contributed by atoms with van der Waals surface area (Å²) < 4.78 is 4.33. The average molecular weight is 717 g/mol. The van der Waals surface area contributed by atoms with E-state index in [0.717, 1.165) is 61.1 Å². The Bertz CT molecular complexity index is 3170. The third-order valence-corrected chi connectivity index (χ3v) is 10.6. The number of hydrogen-bond acceptors (Lipinski definition) is 4. The first-order chi connectivity index (χ1) is 27.8. The van der Waals surface area contributed by atoms with Crippen LogP contribution in [0.5, 0.6) is 0 Å². The van der Waals surface area contributed by atoms with Gasteiger partial charge in [-0.25, -0.2) is 19.5 Å². The minimum atomic E-state index is 0.610. The molecular formula is C50H32N6. The highest BCUT2D eigenvalue weighted by atomic mass is 15.2. The van der Waals surface area contributed by atoms with Crippen LogP contribution in [-0.2, 0) is 0 Å². The van der Waals surface area contributed by atoms with Crippen molar-refractivity contribution in [3.05, 3.63) is 194 Å². The van der Waals surface area contributed by atoms with Crippen LogP contribution in [-0.4, -0.2) is 29.1 Å². The molecule has 0 saturated carbocycles. The summed E-state index contributed by atoms with van der Waals surface area (Å²) in [6.45, 7) is 0. The van der Waals surface area contributed by atoms with Gasteiger partial charge < -0.3 is 4.57 Å². The minimum Gasteiger partial charge on any atom is -0.309 e. The van der Waals surface area contributed by atoms with Crippen LogP contribution >= 0.6 is 0 Å². The summed E-state index contributed by atoms with van der Waals surface area (Å²) in [4.78, 5) is 15.4. The second kappa shape index (κ2) is 13.0. The molecule has 0 fully saturated rings. The Balaban J connectivity index is 1.09. The SMILES string of the molecule is c1ccc(-c2nc(-c3ccc(-n4c5ccccc5c5ccccc54)cc3)nc(-c3cccc4c3ccn3nc(-c5ccccc5)c(-c5ccccc5)c43)n2)cc1. The van der Waals surface area contributed by atoms with Crippen molar-refractivity contribution < 1.29 is 0 Å². The summed E-state index contributed by atoms with van der Waals surface area (Å²) in [5.74, 6) is 1.84. The maximum Gasteiger partial charge on any atom is 0.164 e. The number of benzene rings is 7. The van der Waals surface area contributed by atoms with Crippen LogP contribution in [0.2, 0.25) is 0 Å². The Kier molecular flexibility index (Phi) is 7.38. The van der Waals surface area contributed by atoms with Gasteiger partial charge in [-0.3, -0.25) is 0 Å². The molecule has 0 spiro atoms. The number of pyridine rings is 1. The Morgan fingerprint density at radius 3 is 1.52 bits per heavy atom. The number of para-hydroxylation sites is 2. The Labute approximate surface area is 322 Å². The van der Waals surface area contributed by atoms with E-state index < -0.39 is 0 Å². The third kappa shape index (κ3) is 5.19. The zero-order valence-corrected chi connectivity index (χ0v) is 30.2. The molecule has 7 aromatic carbocycles. The smallest absolute Gasteiger partial charge is 0.164 e. The maximum atomic E-state index is 5.20. The van der Waals surface area contributed by atoms with Gasteiger partial charge in [0.1, 0.15) is 5.69 Å². The molecule has 0 unspecified atom stereocenters. The molecule has 6 heteroatoms. The number of rotatable bonds is 6. The van der Waals surface area contributed by atoms with Crippen molar-refractivity contribution in [2.45, 2.75) is 0 Å². The largest absolute Gasteiger partial charge is 0.309 e. The van der Waals surface area contributed by atoms with Crippen molar-refractivity contribution in [1.82, 2.24) is 29.1 Å². The van der Waals surface area contributed by atoms with Crippen molar-refractivity contribution in [3.8, 4) is 62.2 Å². The van der Waals surface area contributed by atoms with Crippen molar-refractivity contribution in [1.29, 1.82) is 0 Å². The maximum absolute atomic E-state index is 5.20. The highest BCUT2D eigenvalue weighted by molar-refractivity contribution is 6.11. The van der Waals surface area contributed by atoms with Gasteiger partial charge in [-0.05, 0) is 53.4 Å². The number of nitrogens with zero attached hydrogens (tertiary/aromatic N) is 6. The van der Waals surface area contributed by atoms with Crippen LogP contribution in [0.3, 0.4) is 0 Å². The normalized spacial score (nSPS) is 11.6. The fourth-order valence-electron chi connectivity index (χ4n) is 8.07. The second-order valence-corrected chi connectivity index (χ2v) is 13.9. The van der Waals surface area contributed by atoms with E-state index in [4.69, 9.17) is 20.1 Å². The third-order valence-electron chi connectivity index (χ3n) is 10.6. The fraction of sp³-hybridized carbons (Fsp3) is 0. The first kappa shape index (κ1) is 31.8. The topological polar surface area (TPSA) is 60.9 Å². The molecule has 6 nitrogen and oxygen atoms in total. The Morgan fingerprint density at radius 2 is 0.875 bits per heavy atom. The van der Waals surface area contributed by atoms with Gasteiger partial charge in [-0.15, -0.1) is 0 Å². The van der Waals surface area contributed by atoms with Crippen LogP contribution in [0.1, 0.15) is 0 Å². The molecule has 0 radical (unpaired) electrons. The molecule has 0 aliphatic carbocycles. The molecule has 0 saturated heterocycles. The first-order valence-corrected chi connectivity index (χ1v) is 18.7. The molecule has 0 atom stereocenters. The van der Waals surface area contributed by atoms with Crippen molar-refractivity contribution in [2.75, 3.05) is 0 Å². The number of fused-ring (bicyclic) bond motifs is 6. The van der Waals surface area contributed by atoms with Crippen LogP contribution in [0.15, 0.2) is 194 Å². The zero-order chi connectivity index (χ0) is 37.0. The first-order valence-electron chi connectivity index (χ1n) is 18.7. The molecule has 0 N–H and O–H groups in total. The molecule has 0 aliphatic heterocycles. The summed E-state index contributed by atoms with van der Waals surface area (Å²) in [6.07, 6.45) is 2.05. The lowest BCUT2D eigenvalue weighted by Crippen LogP contribution is -2.01. The Hall–Kier alpha value is -7.70.